The van der Waals surface area contributed by atoms with E-state index in [1.54, 1.807) is 4.90 Å². The van der Waals surface area contributed by atoms with Gasteiger partial charge in [-0.05, 0) is 37.5 Å². The van der Waals surface area contributed by atoms with Crippen molar-refractivity contribution in [3.8, 4) is 0 Å². The monoisotopic (exact) mass is 247 g/mol. The lowest BCUT2D eigenvalue weighted by Gasteiger charge is -2.17. The van der Waals surface area contributed by atoms with Crippen molar-refractivity contribution < 1.29 is 4.79 Å². The van der Waals surface area contributed by atoms with Crippen LogP contribution in [-0.2, 0) is 0 Å². The van der Waals surface area contributed by atoms with Gasteiger partial charge in [0.05, 0.1) is 6.04 Å². The van der Waals surface area contributed by atoms with E-state index in [-0.39, 0.29) is 12.1 Å². The standard InChI is InChI=1S/C14H21N3O/c1-9-6-10(2)13(11(3)7-9)12-8-17(5-4-15)14(18)16-12/h6-7,12H,4-5,8,15H2,1-3H3,(H,16,18). The maximum atomic E-state index is 11.8. The second kappa shape index (κ2) is 4.98. The minimum atomic E-state index is -0.00942. The van der Waals surface area contributed by atoms with Crippen LogP contribution in [0, 0.1) is 20.8 Å². The summed E-state index contributed by atoms with van der Waals surface area (Å²) >= 11 is 0. The van der Waals surface area contributed by atoms with Crippen LogP contribution in [0.5, 0.6) is 0 Å². The Balaban J connectivity index is 2.26. The first kappa shape index (κ1) is 12.9. The number of nitrogens with two attached hydrogens (primary N) is 1. The maximum absolute atomic E-state index is 11.8. The van der Waals surface area contributed by atoms with Crippen LogP contribution in [0.1, 0.15) is 28.3 Å². The Morgan fingerprint density at radius 3 is 2.50 bits per heavy atom. The minimum Gasteiger partial charge on any atom is -0.329 e. The Hall–Kier alpha value is -1.55. The number of nitrogens with zero attached hydrogens (tertiary/aromatic N) is 1. The van der Waals surface area contributed by atoms with Crippen LogP contribution in [0.25, 0.3) is 0 Å². The molecule has 1 heterocycles. The van der Waals surface area contributed by atoms with E-state index in [1.807, 2.05) is 0 Å². The van der Waals surface area contributed by atoms with Crippen LogP contribution >= 0.6 is 0 Å². The quantitative estimate of drug-likeness (QED) is 0.853. The summed E-state index contributed by atoms with van der Waals surface area (Å²) in [6.07, 6.45) is 0. The molecule has 1 fully saturated rings. The fourth-order valence-corrected chi connectivity index (χ4v) is 2.84. The van der Waals surface area contributed by atoms with Crippen LogP contribution in [0.15, 0.2) is 12.1 Å². The molecule has 1 aliphatic rings. The normalized spacial score (nSPS) is 19.2. The molecule has 0 spiro atoms. The van der Waals surface area contributed by atoms with Gasteiger partial charge in [0.15, 0.2) is 0 Å². The van der Waals surface area contributed by atoms with Gasteiger partial charge in [0.1, 0.15) is 0 Å². The van der Waals surface area contributed by atoms with E-state index < -0.39 is 0 Å². The van der Waals surface area contributed by atoms with E-state index in [0.717, 1.165) is 0 Å². The van der Waals surface area contributed by atoms with Crippen LogP contribution in [-0.4, -0.2) is 30.6 Å². The number of hydrogen-bond donors (Lipinski definition) is 2. The molecule has 1 unspecified atom stereocenters. The van der Waals surface area contributed by atoms with Crippen molar-refractivity contribution in [2.75, 3.05) is 19.6 Å². The lowest BCUT2D eigenvalue weighted by Crippen LogP contribution is -2.32. The molecule has 1 aromatic rings. The highest BCUT2D eigenvalue weighted by Gasteiger charge is 2.30. The SMILES string of the molecule is Cc1cc(C)c(C2CN(CCN)C(=O)N2)c(C)c1. The maximum Gasteiger partial charge on any atom is 0.318 e. The minimum absolute atomic E-state index is 0.00942. The molecule has 3 N–H and O–H groups in total. The summed E-state index contributed by atoms with van der Waals surface area (Å²) in [5.41, 5.74) is 10.5. The lowest BCUT2D eigenvalue weighted by molar-refractivity contribution is 0.218. The van der Waals surface area contributed by atoms with Gasteiger partial charge < -0.3 is 16.0 Å². The van der Waals surface area contributed by atoms with E-state index >= 15 is 0 Å². The van der Waals surface area contributed by atoms with E-state index in [0.29, 0.717) is 19.6 Å². The highest BCUT2D eigenvalue weighted by atomic mass is 16.2. The molecule has 1 saturated heterocycles. The predicted molar refractivity (Wildman–Crippen MR) is 72.6 cm³/mol. The number of nitrogens with one attached hydrogen (secondary N) is 1. The first-order valence-electron chi connectivity index (χ1n) is 6.36. The number of carbonyl (C=O) groups is 1. The molecule has 1 atom stereocenters. The summed E-state index contributed by atoms with van der Waals surface area (Å²) in [5, 5.41) is 3.04. The molecule has 4 heteroatoms. The topological polar surface area (TPSA) is 58.4 Å². The second-order valence-corrected chi connectivity index (χ2v) is 5.05. The zero-order valence-electron chi connectivity index (χ0n) is 11.3. The first-order valence-corrected chi connectivity index (χ1v) is 6.36. The molecule has 0 radical (unpaired) electrons. The summed E-state index contributed by atoms with van der Waals surface area (Å²) in [6, 6.07) is 4.41. The smallest absolute Gasteiger partial charge is 0.318 e. The number of rotatable bonds is 3. The zero-order valence-corrected chi connectivity index (χ0v) is 11.3. The molecule has 0 aromatic heterocycles. The summed E-state index contributed by atoms with van der Waals surface area (Å²) in [7, 11) is 0. The van der Waals surface area contributed by atoms with E-state index in [9.17, 15) is 4.79 Å². The number of carbonyl (C=O) groups excluding carboxylic acids is 1. The Kier molecular flexibility index (Phi) is 3.57. The van der Waals surface area contributed by atoms with Crippen LogP contribution in [0.2, 0.25) is 0 Å². The van der Waals surface area contributed by atoms with Crippen molar-refractivity contribution in [2.45, 2.75) is 26.8 Å². The molecule has 1 aromatic carbocycles. The third kappa shape index (κ3) is 2.34. The average Bonchev–Trinajstić information content (AvgIpc) is 2.59. The summed E-state index contributed by atoms with van der Waals surface area (Å²) in [4.78, 5) is 13.6. The van der Waals surface area contributed by atoms with E-state index in [2.05, 4.69) is 38.2 Å². The molecular weight excluding hydrogens is 226 g/mol. The molecule has 0 aliphatic carbocycles. The number of benzene rings is 1. The Labute approximate surface area is 108 Å². The fourth-order valence-electron chi connectivity index (χ4n) is 2.84. The summed E-state index contributed by atoms with van der Waals surface area (Å²) < 4.78 is 0. The van der Waals surface area contributed by atoms with Crippen LogP contribution in [0.3, 0.4) is 0 Å². The molecule has 4 nitrogen and oxygen atoms in total. The number of aryl methyl sites for hydroxylation is 3. The van der Waals surface area contributed by atoms with E-state index in [1.165, 1.54) is 22.3 Å². The van der Waals surface area contributed by atoms with Gasteiger partial charge in [-0.1, -0.05) is 17.7 Å². The highest BCUT2D eigenvalue weighted by molar-refractivity contribution is 5.77. The average molecular weight is 247 g/mol. The van der Waals surface area contributed by atoms with Gasteiger partial charge in [-0.2, -0.15) is 0 Å². The first-order chi connectivity index (χ1) is 8.52. The van der Waals surface area contributed by atoms with E-state index in [4.69, 9.17) is 5.73 Å². The summed E-state index contributed by atoms with van der Waals surface area (Å²) in [6.45, 7) is 8.14. The predicted octanol–water partition coefficient (Wildman–Crippen LogP) is 1.64. The van der Waals surface area contributed by atoms with Gasteiger partial charge in [0.25, 0.3) is 0 Å². The number of amides is 2. The molecule has 0 bridgehead atoms. The second-order valence-electron chi connectivity index (χ2n) is 5.05. The van der Waals surface area contributed by atoms with Crippen LogP contribution < -0.4 is 11.1 Å². The molecule has 2 rings (SSSR count). The largest absolute Gasteiger partial charge is 0.329 e. The number of hydrogen-bond acceptors (Lipinski definition) is 2. The Morgan fingerprint density at radius 1 is 1.33 bits per heavy atom. The van der Waals surface area contributed by atoms with Crippen molar-refractivity contribution >= 4 is 6.03 Å². The zero-order chi connectivity index (χ0) is 13.3. The third-order valence-corrected chi connectivity index (χ3v) is 3.47. The van der Waals surface area contributed by atoms with Crippen molar-refractivity contribution in [1.29, 1.82) is 0 Å². The van der Waals surface area contributed by atoms with Crippen molar-refractivity contribution in [1.82, 2.24) is 10.2 Å². The van der Waals surface area contributed by atoms with Gasteiger partial charge in [0.2, 0.25) is 0 Å². The Bertz CT molecular complexity index is 447. The van der Waals surface area contributed by atoms with Gasteiger partial charge in [-0.15, -0.1) is 0 Å². The van der Waals surface area contributed by atoms with Gasteiger partial charge in [-0.25, -0.2) is 4.79 Å². The molecule has 1 aliphatic heterocycles. The van der Waals surface area contributed by atoms with Crippen molar-refractivity contribution in [3.63, 3.8) is 0 Å². The highest BCUT2D eigenvalue weighted by Crippen LogP contribution is 2.27. The van der Waals surface area contributed by atoms with Crippen LogP contribution in [0.4, 0.5) is 4.79 Å². The lowest BCUT2D eigenvalue weighted by atomic mass is 9.94. The third-order valence-electron chi connectivity index (χ3n) is 3.47. The number of urea groups is 1. The van der Waals surface area contributed by atoms with Crippen molar-refractivity contribution in [2.24, 2.45) is 5.73 Å². The molecule has 2 amide bonds. The van der Waals surface area contributed by atoms with Gasteiger partial charge in [0, 0.05) is 19.6 Å². The molecule has 98 valence electrons. The molecule has 0 saturated carbocycles. The van der Waals surface area contributed by atoms with Gasteiger partial charge in [-0.3, -0.25) is 0 Å². The fraction of sp³-hybridized carbons (Fsp3) is 0.500. The summed E-state index contributed by atoms with van der Waals surface area (Å²) in [5.74, 6) is 0. The molecular formula is C14H21N3O. The Morgan fingerprint density at radius 2 is 1.94 bits per heavy atom. The molecule has 18 heavy (non-hydrogen) atoms. The van der Waals surface area contributed by atoms with Gasteiger partial charge >= 0.3 is 6.03 Å². The van der Waals surface area contributed by atoms with Crippen molar-refractivity contribution in [3.05, 3.63) is 34.4 Å².